The molecule has 1 aromatic carbocycles. The highest BCUT2D eigenvalue weighted by molar-refractivity contribution is 5.55. The predicted molar refractivity (Wildman–Crippen MR) is 89.7 cm³/mol. The van der Waals surface area contributed by atoms with Crippen LogP contribution in [0.25, 0.3) is 0 Å². The van der Waals surface area contributed by atoms with Crippen LogP contribution in [-0.2, 0) is 17.8 Å². The first-order chi connectivity index (χ1) is 11.6. The number of pyridine rings is 1. The number of nitriles is 1. The summed E-state index contributed by atoms with van der Waals surface area (Å²) in [5.41, 5.74) is 2.16. The van der Waals surface area contributed by atoms with E-state index in [2.05, 4.69) is 10.3 Å². The van der Waals surface area contributed by atoms with E-state index in [-0.39, 0.29) is 23.4 Å². The molecule has 1 heterocycles. The highest BCUT2D eigenvalue weighted by Crippen LogP contribution is 2.28. The highest BCUT2D eigenvalue weighted by atomic mass is 16.6. The van der Waals surface area contributed by atoms with Gasteiger partial charge in [-0.1, -0.05) is 18.2 Å². The third-order valence-corrected chi connectivity index (χ3v) is 3.57. The average molecular weight is 326 g/mol. The Balaban J connectivity index is 2.29. The van der Waals surface area contributed by atoms with E-state index < -0.39 is 4.92 Å². The van der Waals surface area contributed by atoms with E-state index in [0.717, 1.165) is 5.69 Å². The smallest absolute Gasteiger partial charge is 0.297 e. The topological polar surface area (TPSA) is 101 Å². The number of anilines is 1. The number of para-hydroxylation sites is 1. The lowest BCUT2D eigenvalue weighted by atomic mass is 10.0. The lowest BCUT2D eigenvalue weighted by molar-refractivity contribution is -0.386. The molecule has 0 saturated heterocycles. The number of nitrogens with one attached hydrogen (secondary N) is 1. The molecule has 0 atom stereocenters. The molecule has 0 saturated carbocycles. The van der Waals surface area contributed by atoms with Gasteiger partial charge >= 0.3 is 0 Å². The molecule has 7 nitrogen and oxygen atoms in total. The Labute approximate surface area is 140 Å². The van der Waals surface area contributed by atoms with Crippen LogP contribution in [0.15, 0.2) is 30.3 Å². The molecule has 0 bridgehead atoms. The van der Waals surface area contributed by atoms with E-state index in [1.54, 1.807) is 6.92 Å². The second kappa shape index (κ2) is 8.04. The average Bonchev–Trinajstić information content (AvgIpc) is 2.56. The Hall–Kier alpha value is -2.98. The van der Waals surface area contributed by atoms with Gasteiger partial charge in [-0.25, -0.2) is 4.98 Å². The molecule has 0 aliphatic rings. The van der Waals surface area contributed by atoms with Gasteiger partial charge in [-0.15, -0.1) is 0 Å². The summed E-state index contributed by atoms with van der Waals surface area (Å²) in [7, 11) is 1.44. The minimum atomic E-state index is -0.510. The number of nitro groups is 1. The number of nitrogens with zero attached hydrogens (tertiary/aromatic N) is 3. The molecule has 24 heavy (non-hydrogen) atoms. The zero-order valence-electron chi connectivity index (χ0n) is 13.6. The molecule has 1 N–H and O–H groups in total. The summed E-state index contributed by atoms with van der Waals surface area (Å²) in [6, 6.07) is 11.7. The molecule has 2 aromatic rings. The van der Waals surface area contributed by atoms with Crippen LogP contribution in [0.3, 0.4) is 0 Å². The number of hydrogen-bond acceptors (Lipinski definition) is 6. The van der Waals surface area contributed by atoms with E-state index in [0.29, 0.717) is 24.4 Å². The maximum absolute atomic E-state index is 11.3. The molecule has 0 unspecified atom stereocenters. The summed E-state index contributed by atoms with van der Waals surface area (Å²) < 4.78 is 5.05. The second-order valence-corrected chi connectivity index (χ2v) is 5.19. The lowest BCUT2D eigenvalue weighted by Gasteiger charge is -2.12. The number of aryl methyl sites for hydroxylation is 1. The van der Waals surface area contributed by atoms with Crippen LogP contribution in [0, 0.1) is 28.4 Å². The van der Waals surface area contributed by atoms with Gasteiger partial charge in [0.05, 0.1) is 28.4 Å². The zero-order chi connectivity index (χ0) is 17.5. The summed E-state index contributed by atoms with van der Waals surface area (Å²) >= 11 is 0. The molecule has 0 aliphatic heterocycles. The normalized spacial score (nSPS) is 10.2. The van der Waals surface area contributed by atoms with Gasteiger partial charge in [0, 0.05) is 25.8 Å². The van der Waals surface area contributed by atoms with Crippen molar-refractivity contribution in [3.8, 4) is 6.07 Å². The fourth-order valence-electron chi connectivity index (χ4n) is 2.54. The van der Waals surface area contributed by atoms with Crippen LogP contribution in [0.4, 0.5) is 11.4 Å². The van der Waals surface area contributed by atoms with E-state index >= 15 is 0 Å². The van der Waals surface area contributed by atoms with Crippen LogP contribution in [0.5, 0.6) is 0 Å². The number of methoxy groups -OCH3 is 1. The molecule has 0 radical (unpaired) electrons. The van der Waals surface area contributed by atoms with Crippen molar-refractivity contribution in [2.75, 3.05) is 19.0 Å². The first-order valence-corrected chi connectivity index (χ1v) is 7.43. The van der Waals surface area contributed by atoms with Crippen LogP contribution in [-0.4, -0.2) is 23.6 Å². The SMILES string of the molecule is COCc1c(C#N)c(CCNc2ccccc2)nc(C)c1[N+](=O)[O-]. The molecule has 0 spiro atoms. The maximum Gasteiger partial charge on any atom is 0.297 e. The number of aromatic nitrogens is 1. The van der Waals surface area contributed by atoms with Gasteiger partial charge in [0.2, 0.25) is 0 Å². The van der Waals surface area contributed by atoms with Crippen molar-refractivity contribution in [3.63, 3.8) is 0 Å². The van der Waals surface area contributed by atoms with Crippen molar-refractivity contribution < 1.29 is 9.66 Å². The predicted octanol–water partition coefficient (Wildman–Crippen LogP) is 2.97. The summed E-state index contributed by atoms with van der Waals surface area (Å²) in [5, 5.41) is 24.0. The van der Waals surface area contributed by atoms with Crippen LogP contribution >= 0.6 is 0 Å². The van der Waals surface area contributed by atoms with Gasteiger partial charge in [-0.2, -0.15) is 5.26 Å². The van der Waals surface area contributed by atoms with Gasteiger partial charge < -0.3 is 10.1 Å². The third-order valence-electron chi connectivity index (χ3n) is 3.57. The fourth-order valence-corrected chi connectivity index (χ4v) is 2.54. The third kappa shape index (κ3) is 3.86. The quantitative estimate of drug-likeness (QED) is 0.620. The van der Waals surface area contributed by atoms with E-state index in [1.807, 2.05) is 36.4 Å². The number of benzene rings is 1. The van der Waals surface area contributed by atoms with E-state index in [4.69, 9.17) is 4.74 Å². The Morgan fingerprint density at radius 1 is 1.38 bits per heavy atom. The summed E-state index contributed by atoms with van der Waals surface area (Å²) in [4.78, 5) is 15.1. The number of rotatable bonds is 7. The van der Waals surface area contributed by atoms with Crippen molar-refractivity contribution in [1.82, 2.24) is 4.98 Å². The van der Waals surface area contributed by atoms with Crippen molar-refractivity contribution in [1.29, 1.82) is 5.26 Å². The Kier molecular flexibility index (Phi) is 5.82. The van der Waals surface area contributed by atoms with E-state index in [1.165, 1.54) is 7.11 Å². The van der Waals surface area contributed by atoms with Crippen LogP contribution in [0.2, 0.25) is 0 Å². The van der Waals surface area contributed by atoms with Crippen molar-refractivity contribution >= 4 is 11.4 Å². The van der Waals surface area contributed by atoms with Crippen LogP contribution in [0.1, 0.15) is 22.5 Å². The monoisotopic (exact) mass is 326 g/mol. The fraction of sp³-hybridized carbons (Fsp3) is 0.294. The summed E-state index contributed by atoms with van der Waals surface area (Å²) in [5.74, 6) is 0. The number of ether oxygens (including phenoxy) is 1. The first-order valence-electron chi connectivity index (χ1n) is 7.43. The maximum atomic E-state index is 11.3. The first kappa shape index (κ1) is 17.4. The molecular weight excluding hydrogens is 308 g/mol. The van der Waals surface area contributed by atoms with Gasteiger partial charge in [-0.3, -0.25) is 10.1 Å². The summed E-state index contributed by atoms with van der Waals surface area (Å²) in [6.45, 7) is 2.14. The lowest BCUT2D eigenvalue weighted by Crippen LogP contribution is -2.12. The molecular formula is C17H18N4O3. The summed E-state index contributed by atoms with van der Waals surface area (Å²) in [6.07, 6.45) is 0.480. The molecule has 7 heteroatoms. The van der Waals surface area contributed by atoms with Crippen molar-refractivity contribution in [3.05, 3.63) is 63.0 Å². The highest BCUT2D eigenvalue weighted by Gasteiger charge is 2.25. The molecule has 0 aliphatic carbocycles. The molecule has 0 fully saturated rings. The largest absolute Gasteiger partial charge is 0.385 e. The Bertz CT molecular complexity index is 770. The van der Waals surface area contributed by atoms with Crippen LogP contribution < -0.4 is 5.32 Å². The molecule has 1 aromatic heterocycles. The standard InChI is InChI=1S/C17H18N4O3/c1-12-17(21(22)23)15(11-24-2)14(10-18)16(20-12)8-9-19-13-6-4-3-5-7-13/h3-7,19H,8-9,11H2,1-2H3. The van der Waals surface area contributed by atoms with Gasteiger partial charge in [0.25, 0.3) is 5.69 Å². The van der Waals surface area contributed by atoms with Crippen molar-refractivity contribution in [2.24, 2.45) is 0 Å². The Morgan fingerprint density at radius 3 is 2.67 bits per heavy atom. The molecule has 124 valence electrons. The van der Waals surface area contributed by atoms with Crippen molar-refractivity contribution in [2.45, 2.75) is 20.0 Å². The number of hydrogen-bond donors (Lipinski definition) is 1. The zero-order valence-corrected chi connectivity index (χ0v) is 13.6. The molecule has 2 rings (SSSR count). The minimum Gasteiger partial charge on any atom is -0.385 e. The van der Waals surface area contributed by atoms with Gasteiger partial charge in [0.1, 0.15) is 11.8 Å². The van der Waals surface area contributed by atoms with E-state index in [9.17, 15) is 15.4 Å². The van der Waals surface area contributed by atoms with Gasteiger partial charge in [-0.05, 0) is 19.1 Å². The van der Waals surface area contributed by atoms with Gasteiger partial charge in [0.15, 0.2) is 0 Å². The minimum absolute atomic E-state index is 0.00167. The Morgan fingerprint density at radius 2 is 2.08 bits per heavy atom. The molecule has 0 amide bonds. The second-order valence-electron chi connectivity index (χ2n) is 5.19.